The molecule has 2 rings (SSSR count). The van der Waals surface area contributed by atoms with Gasteiger partial charge in [-0.15, -0.1) is 0 Å². The van der Waals surface area contributed by atoms with Crippen molar-refractivity contribution in [3.05, 3.63) is 37.4 Å². The summed E-state index contributed by atoms with van der Waals surface area (Å²) in [5.41, 5.74) is 1.67. The first-order chi connectivity index (χ1) is 8.97. The van der Waals surface area contributed by atoms with Crippen molar-refractivity contribution in [1.82, 2.24) is 0 Å². The SMILES string of the molecule is CCCc1c([N+](=O)[O-])cc([N+](=O)[O-])c2c1CCN2C. The van der Waals surface area contributed by atoms with Gasteiger partial charge in [0.25, 0.3) is 11.4 Å². The van der Waals surface area contributed by atoms with E-state index in [1.54, 1.807) is 11.9 Å². The molecule has 0 radical (unpaired) electrons. The molecule has 0 N–H and O–H groups in total. The van der Waals surface area contributed by atoms with Crippen LogP contribution in [0.4, 0.5) is 17.1 Å². The van der Waals surface area contributed by atoms with Crippen molar-refractivity contribution in [2.45, 2.75) is 26.2 Å². The van der Waals surface area contributed by atoms with Crippen molar-refractivity contribution in [1.29, 1.82) is 0 Å². The summed E-state index contributed by atoms with van der Waals surface area (Å²) in [6.07, 6.45) is 1.98. The molecular formula is C12H15N3O4. The summed E-state index contributed by atoms with van der Waals surface area (Å²) < 4.78 is 0. The van der Waals surface area contributed by atoms with E-state index in [0.717, 1.165) is 18.1 Å². The Balaban J connectivity index is 2.74. The highest BCUT2D eigenvalue weighted by Gasteiger charge is 2.34. The number of benzene rings is 1. The highest BCUT2D eigenvalue weighted by Crippen LogP contribution is 2.43. The molecule has 0 amide bonds. The third-order valence-electron chi connectivity index (χ3n) is 3.45. The van der Waals surface area contributed by atoms with Crippen molar-refractivity contribution < 1.29 is 9.85 Å². The van der Waals surface area contributed by atoms with Gasteiger partial charge in [-0.2, -0.15) is 0 Å². The zero-order valence-electron chi connectivity index (χ0n) is 10.9. The van der Waals surface area contributed by atoms with E-state index in [1.165, 1.54) is 0 Å². The number of fused-ring (bicyclic) bond motifs is 1. The molecule has 1 aliphatic rings. The Hall–Kier alpha value is -2.18. The molecule has 19 heavy (non-hydrogen) atoms. The monoisotopic (exact) mass is 265 g/mol. The van der Waals surface area contributed by atoms with Crippen molar-refractivity contribution in [2.24, 2.45) is 0 Å². The van der Waals surface area contributed by atoms with Crippen LogP contribution in [0.1, 0.15) is 24.5 Å². The van der Waals surface area contributed by atoms with E-state index in [0.29, 0.717) is 30.6 Å². The van der Waals surface area contributed by atoms with E-state index in [4.69, 9.17) is 0 Å². The van der Waals surface area contributed by atoms with Gasteiger partial charge in [-0.25, -0.2) is 0 Å². The molecule has 0 saturated heterocycles. The van der Waals surface area contributed by atoms with Crippen molar-refractivity contribution >= 4 is 17.1 Å². The lowest BCUT2D eigenvalue weighted by Gasteiger charge is -2.13. The van der Waals surface area contributed by atoms with Crippen LogP contribution in [0.25, 0.3) is 0 Å². The number of likely N-dealkylation sites (N-methyl/N-ethyl adjacent to an activating group) is 1. The molecule has 1 heterocycles. The van der Waals surface area contributed by atoms with Crippen LogP contribution in [0.15, 0.2) is 6.07 Å². The highest BCUT2D eigenvalue weighted by molar-refractivity contribution is 5.76. The van der Waals surface area contributed by atoms with Crippen LogP contribution in [-0.2, 0) is 12.8 Å². The van der Waals surface area contributed by atoms with Gasteiger partial charge in [0.2, 0.25) is 0 Å². The molecule has 0 fully saturated rings. The Labute approximate surface area is 110 Å². The van der Waals surface area contributed by atoms with E-state index in [2.05, 4.69) is 0 Å². The fourth-order valence-corrected chi connectivity index (χ4v) is 2.65. The maximum absolute atomic E-state index is 11.1. The molecule has 1 aliphatic heterocycles. The summed E-state index contributed by atoms with van der Waals surface area (Å²) in [5.74, 6) is 0. The lowest BCUT2D eigenvalue weighted by Crippen LogP contribution is -2.14. The predicted octanol–water partition coefficient (Wildman–Crippen LogP) is 2.45. The summed E-state index contributed by atoms with van der Waals surface area (Å²) in [6.45, 7) is 2.60. The minimum absolute atomic E-state index is 0.123. The fraction of sp³-hybridized carbons (Fsp3) is 0.500. The van der Waals surface area contributed by atoms with Gasteiger partial charge in [0.05, 0.1) is 15.9 Å². The van der Waals surface area contributed by atoms with Crippen LogP contribution >= 0.6 is 0 Å². The number of hydrogen-bond acceptors (Lipinski definition) is 5. The second kappa shape index (κ2) is 4.83. The molecule has 1 aromatic carbocycles. The largest absolute Gasteiger partial charge is 0.368 e. The number of nitrogens with zero attached hydrogens (tertiary/aromatic N) is 3. The minimum Gasteiger partial charge on any atom is -0.368 e. The van der Waals surface area contributed by atoms with Crippen molar-refractivity contribution in [2.75, 3.05) is 18.5 Å². The maximum Gasteiger partial charge on any atom is 0.299 e. The average molecular weight is 265 g/mol. The summed E-state index contributed by atoms with van der Waals surface area (Å²) in [4.78, 5) is 23.0. The third kappa shape index (κ3) is 2.11. The lowest BCUT2D eigenvalue weighted by molar-refractivity contribution is -0.394. The van der Waals surface area contributed by atoms with Crippen molar-refractivity contribution in [3.63, 3.8) is 0 Å². The number of nitro groups is 2. The predicted molar refractivity (Wildman–Crippen MR) is 70.7 cm³/mol. The lowest BCUT2D eigenvalue weighted by atomic mass is 9.97. The molecule has 0 aromatic heterocycles. The fourth-order valence-electron chi connectivity index (χ4n) is 2.65. The van der Waals surface area contributed by atoms with Crippen LogP contribution in [-0.4, -0.2) is 23.4 Å². The average Bonchev–Trinajstić information content (AvgIpc) is 2.72. The van der Waals surface area contributed by atoms with E-state index in [-0.39, 0.29) is 11.4 Å². The summed E-state index contributed by atoms with van der Waals surface area (Å²) in [6, 6.07) is 1.10. The Morgan fingerprint density at radius 3 is 2.42 bits per heavy atom. The van der Waals surface area contributed by atoms with Crippen LogP contribution in [0, 0.1) is 20.2 Å². The first-order valence-electron chi connectivity index (χ1n) is 6.16. The zero-order valence-corrected chi connectivity index (χ0v) is 10.9. The molecule has 0 spiro atoms. The first kappa shape index (κ1) is 13.3. The van der Waals surface area contributed by atoms with E-state index in [9.17, 15) is 20.2 Å². The standard InChI is InChI=1S/C12H15N3O4/c1-3-4-8-9-5-6-13(2)12(9)11(15(18)19)7-10(8)14(16)17/h7H,3-6H2,1-2H3. The first-order valence-corrected chi connectivity index (χ1v) is 6.16. The second-order valence-corrected chi connectivity index (χ2v) is 4.66. The van der Waals surface area contributed by atoms with Gasteiger partial charge in [-0.3, -0.25) is 20.2 Å². The van der Waals surface area contributed by atoms with Crippen LogP contribution in [0.5, 0.6) is 0 Å². The Morgan fingerprint density at radius 1 is 1.26 bits per heavy atom. The minimum atomic E-state index is -0.538. The molecule has 0 aliphatic carbocycles. The maximum atomic E-state index is 11.1. The molecule has 0 saturated carbocycles. The van der Waals surface area contributed by atoms with Gasteiger partial charge in [-0.05, 0) is 18.4 Å². The number of hydrogen-bond donors (Lipinski definition) is 0. The molecule has 0 atom stereocenters. The summed E-state index contributed by atoms with van der Waals surface area (Å²) >= 11 is 0. The molecule has 0 bridgehead atoms. The van der Waals surface area contributed by atoms with Crippen LogP contribution < -0.4 is 4.90 Å². The number of rotatable bonds is 4. The number of anilines is 1. The summed E-state index contributed by atoms with van der Waals surface area (Å²) in [5, 5.41) is 22.2. The highest BCUT2D eigenvalue weighted by atomic mass is 16.6. The van der Waals surface area contributed by atoms with E-state index in [1.807, 2.05) is 6.92 Å². The molecule has 1 aromatic rings. The normalized spacial score (nSPS) is 13.5. The quantitative estimate of drug-likeness (QED) is 0.616. The Morgan fingerprint density at radius 2 is 1.89 bits per heavy atom. The van der Waals surface area contributed by atoms with E-state index < -0.39 is 9.85 Å². The van der Waals surface area contributed by atoms with Gasteiger partial charge < -0.3 is 4.90 Å². The van der Waals surface area contributed by atoms with Gasteiger partial charge in [-0.1, -0.05) is 13.3 Å². The van der Waals surface area contributed by atoms with E-state index >= 15 is 0 Å². The topological polar surface area (TPSA) is 89.5 Å². The number of nitro benzene ring substituents is 2. The second-order valence-electron chi connectivity index (χ2n) is 4.66. The molecule has 7 nitrogen and oxygen atoms in total. The van der Waals surface area contributed by atoms with Crippen molar-refractivity contribution in [3.8, 4) is 0 Å². The smallest absolute Gasteiger partial charge is 0.299 e. The molecule has 102 valence electrons. The molecular weight excluding hydrogens is 250 g/mol. The van der Waals surface area contributed by atoms with Crippen LogP contribution in [0.2, 0.25) is 0 Å². The van der Waals surface area contributed by atoms with Crippen LogP contribution in [0.3, 0.4) is 0 Å². The van der Waals surface area contributed by atoms with Gasteiger partial charge >= 0.3 is 0 Å². The third-order valence-corrected chi connectivity index (χ3v) is 3.45. The summed E-state index contributed by atoms with van der Waals surface area (Å²) in [7, 11) is 1.78. The molecule has 0 unspecified atom stereocenters. The van der Waals surface area contributed by atoms with Gasteiger partial charge in [0.15, 0.2) is 0 Å². The molecule has 7 heteroatoms. The Kier molecular flexibility index (Phi) is 3.37. The zero-order chi connectivity index (χ0) is 14.2. The van der Waals surface area contributed by atoms with Gasteiger partial charge in [0.1, 0.15) is 5.69 Å². The van der Waals surface area contributed by atoms with Gasteiger partial charge in [0, 0.05) is 19.2 Å². The Bertz CT molecular complexity index is 556.